The molecule has 0 saturated carbocycles. The summed E-state index contributed by atoms with van der Waals surface area (Å²) in [6, 6.07) is 10.4. The highest BCUT2D eigenvalue weighted by atomic mass is 32.1. The molecule has 4 heteroatoms. The van der Waals surface area contributed by atoms with Crippen molar-refractivity contribution in [1.29, 1.82) is 0 Å². The first-order chi connectivity index (χ1) is 6.75. The number of rotatable bonds is 1. The fourth-order valence-corrected chi connectivity index (χ4v) is 1.84. The van der Waals surface area contributed by atoms with Crippen LogP contribution in [0.25, 0.3) is 10.6 Å². The zero-order chi connectivity index (χ0) is 9.97. The maximum Gasteiger partial charge on any atom is 0.239 e. The molecule has 1 aromatic heterocycles. The summed E-state index contributed by atoms with van der Waals surface area (Å²) in [6.07, 6.45) is 0. The highest BCUT2D eigenvalue weighted by Gasteiger charge is 2.02. The highest BCUT2D eigenvalue weighted by Crippen LogP contribution is 2.20. The monoisotopic (exact) mass is 205 g/mol. The smallest absolute Gasteiger partial charge is 0.239 e. The summed E-state index contributed by atoms with van der Waals surface area (Å²) in [4.78, 5) is 15.0. The second-order valence-electron chi connectivity index (χ2n) is 2.71. The predicted molar refractivity (Wildman–Crippen MR) is 55.5 cm³/mol. The van der Waals surface area contributed by atoms with E-state index in [0.29, 0.717) is 5.01 Å². The van der Waals surface area contributed by atoms with Gasteiger partial charge < -0.3 is 5.11 Å². The van der Waals surface area contributed by atoms with E-state index in [0.717, 1.165) is 23.0 Å². The lowest BCUT2D eigenvalue weighted by molar-refractivity contribution is 0.454. The van der Waals surface area contributed by atoms with Crippen molar-refractivity contribution in [2.24, 2.45) is 0 Å². The van der Waals surface area contributed by atoms with Gasteiger partial charge in [-0.3, -0.25) is 4.79 Å². The molecular weight excluding hydrogens is 198 g/mol. The van der Waals surface area contributed by atoms with Gasteiger partial charge in [0.15, 0.2) is 0 Å². The van der Waals surface area contributed by atoms with Crippen molar-refractivity contribution in [1.82, 2.24) is 4.98 Å². The molecule has 3 nitrogen and oxygen atoms in total. The molecule has 70 valence electrons. The van der Waals surface area contributed by atoms with Crippen molar-refractivity contribution >= 4 is 11.3 Å². The van der Waals surface area contributed by atoms with E-state index < -0.39 is 0 Å². The standard InChI is InChI=1S/C10H7NO2S/c12-8-6-9(13)14-10(11-8)7-4-2-1-3-5-7/h1-6,12H. The van der Waals surface area contributed by atoms with Crippen LogP contribution in [0.1, 0.15) is 0 Å². The average Bonchev–Trinajstić information content (AvgIpc) is 2.18. The quantitative estimate of drug-likeness (QED) is 0.773. The third-order valence-corrected chi connectivity index (χ3v) is 2.52. The van der Waals surface area contributed by atoms with Crippen molar-refractivity contribution in [2.75, 3.05) is 0 Å². The summed E-state index contributed by atoms with van der Waals surface area (Å²) in [6.45, 7) is 0. The summed E-state index contributed by atoms with van der Waals surface area (Å²) in [5, 5.41) is 9.69. The van der Waals surface area contributed by atoms with Crippen LogP contribution in [0.5, 0.6) is 5.88 Å². The summed E-state index contributed by atoms with van der Waals surface area (Å²) in [7, 11) is 0. The van der Waals surface area contributed by atoms with E-state index in [4.69, 9.17) is 5.11 Å². The Kier molecular flexibility index (Phi) is 2.28. The largest absolute Gasteiger partial charge is 0.493 e. The predicted octanol–water partition coefficient (Wildman–Crippen LogP) is 1.88. The Labute approximate surface area is 84.3 Å². The molecule has 0 radical (unpaired) electrons. The van der Waals surface area contributed by atoms with Gasteiger partial charge in [0.1, 0.15) is 5.01 Å². The molecule has 0 saturated heterocycles. The summed E-state index contributed by atoms with van der Waals surface area (Å²) in [5.41, 5.74) is 0.838. The van der Waals surface area contributed by atoms with Crippen molar-refractivity contribution in [3.05, 3.63) is 45.9 Å². The second-order valence-corrected chi connectivity index (χ2v) is 3.70. The molecule has 2 rings (SSSR count). The van der Waals surface area contributed by atoms with Gasteiger partial charge in [0, 0.05) is 5.56 Å². The third-order valence-electron chi connectivity index (χ3n) is 1.68. The normalized spacial score (nSPS) is 10.0. The summed E-state index contributed by atoms with van der Waals surface area (Å²) < 4.78 is -0.198. The first-order valence-electron chi connectivity index (χ1n) is 4.02. The fraction of sp³-hybridized carbons (Fsp3) is 0. The van der Waals surface area contributed by atoms with Gasteiger partial charge in [0.05, 0.1) is 6.07 Å². The average molecular weight is 205 g/mol. The molecule has 14 heavy (non-hydrogen) atoms. The van der Waals surface area contributed by atoms with Crippen LogP contribution in [0.15, 0.2) is 41.2 Å². The van der Waals surface area contributed by atoms with Gasteiger partial charge >= 0.3 is 0 Å². The fourth-order valence-electron chi connectivity index (χ4n) is 1.09. The van der Waals surface area contributed by atoms with Crippen LogP contribution in [0.2, 0.25) is 0 Å². The zero-order valence-electron chi connectivity index (χ0n) is 7.18. The van der Waals surface area contributed by atoms with Crippen LogP contribution >= 0.6 is 11.3 Å². The van der Waals surface area contributed by atoms with Crippen molar-refractivity contribution in [3.8, 4) is 16.5 Å². The molecule has 2 aromatic rings. The highest BCUT2D eigenvalue weighted by molar-refractivity contribution is 7.12. The van der Waals surface area contributed by atoms with E-state index in [2.05, 4.69) is 4.98 Å². The van der Waals surface area contributed by atoms with E-state index in [9.17, 15) is 4.79 Å². The number of aromatic hydroxyl groups is 1. The molecule has 0 aliphatic heterocycles. The van der Waals surface area contributed by atoms with Crippen molar-refractivity contribution in [3.63, 3.8) is 0 Å². The molecule has 1 aromatic carbocycles. The van der Waals surface area contributed by atoms with Gasteiger partial charge in [-0.2, -0.15) is 0 Å². The minimum atomic E-state index is -0.229. The molecule has 0 fully saturated rings. The van der Waals surface area contributed by atoms with Crippen LogP contribution in [0, 0.1) is 0 Å². The number of hydrogen-bond donors (Lipinski definition) is 1. The minimum absolute atomic E-state index is 0.198. The Morgan fingerprint density at radius 2 is 1.93 bits per heavy atom. The lowest BCUT2D eigenvalue weighted by Crippen LogP contribution is -1.93. The number of nitrogens with zero attached hydrogens (tertiary/aromatic N) is 1. The molecule has 0 amide bonds. The second kappa shape index (κ2) is 3.59. The van der Waals surface area contributed by atoms with E-state index >= 15 is 0 Å². The van der Waals surface area contributed by atoms with Gasteiger partial charge in [-0.15, -0.1) is 0 Å². The number of aromatic nitrogens is 1. The van der Waals surface area contributed by atoms with Gasteiger partial charge in [-0.25, -0.2) is 4.98 Å². The van der Waals surface area contributed by atoms with E-state index in [1.165, 1.54) is 0 Å². The van der Waals surface area contributed by atoms with Crippen LogP contribution in [-0.4, -0.2) is 10.1 Å². The van der Waals surface area contributed by atoms with E-state index in [-0.39, 0.29) is 10.6 Å². The Balaban J connectivity index is 2.58. The molecule has 0 unspecified atom stereocenters. The molecule has 0 bridgehead atoms. The molecule has 1 heterocycles. The lowest BCUT2D eigenvalue weighted by Gasteiger charge is -1.98. The molecular formula is C10H7NO2S. The summed E-state index contributed by atoms with van der Waals surface area (Å²) >= 11 is 1.02. The first kappa shape index (κ1) is 8.90. The van der Waals surface area contributed by atoms with Crippen LogP contribution in [0.4, 0.5) is 0 Å². The Morgan fingerprint density at radius 1 is 1.21 bits per heavy atom. The van der Waals surface area contributed by atoms with Crippen molar-refractivity contribution < 1.29 is 5.11 Å². The SMILES string of the molecule is O=c1cc(O)nc(-c2ccccc2)s1. The van der Waals surface area contributed by atoms with Gasteiger partial charge in [0.2, 0.25) is 10.6 Å². The molecule has 0 aliphatic rings. The topological polar surface area (TPSA) is 50.2 Å². The maximum atomic E-state index is 11.1. The van der Waals surface area contributed by atoms with Crippen molar-refractivity contribution in [2.45, 2.75) is 0 Å². The van der Waals surface area contributed by atoms with Gasteiger partial charge in [-0.1, -0.05) is 41.7 Å². The Bertz CT molecular complexity index is 493. The first-order valence-corrected chi connectivity index (χ1v) is 4.84. The summed E-state index contributed by atoms with van der Waals surface area (Å²) in [5.74, 6) is -0.229. The molecule has 0 spiro atoms. The molecule has 0 aliphatic carbocycles. The maximum absolute atomic E-state index is 11.1. The van der Waals surface area contributed by atoms with Gasteiger partial charge in [-0.05, 0) is 0 Å². The number of hydrogen-bond acceptors (Lipinski definition) is 4. The van der Waals surface area contributed by atoms with Crippen LogP contribution < -0.4 is 4.74 Å². The molecule has 1 N–H and O–H groups in total. The number of benzene rings is 1. The Hall–Kier alpha value is -1.68. The molecule has 0 atom stereocenters. The van der Waals surface area contributed by atoms with E-state index in [1.807, 2.05) is 30.3 Å². The third kappa shape index (κ3) is 1.80. The minimum Gasteiger partial charge on any atom is -0.493 e. The van der Waals surface area contributed by atoms with E-state index in [1.54, 1.807) is 0 Å². The van der Waals surface area contributed by atoms with Crippen LogP contribution in [0.3, 0.4) is 0 Å². The van der Waals surface area contributed by atoms with Crippen LogP contribution in [-0.2, 0) is 0 Å². The lowest BCUT2D eigenvalue weighted by atomic mass is 10.2. The van der Waals surface area contributed by atoms with Gasteiger partial charge in [0.25, 0.3) is 0 Å². The Morgan fingerprint density at radius 3 is 2.57 bits per heavy atom. The zero-order valence-corrected chi connectivity index (χ0v) is 7.99.